The van der Waals surface area contributed by atoms with Crippen molar-refractivity contribution in [2.45, 2.75) is 39.5 Å². The zero-order valence-corrected chi connectivity index (χ0v) is 7.06. The smallest absolute Gasteiger partial charge is 0.125 e. The Hall–Kier alpha value is -0.520. The van der Waals surface area contributed by atoms with Crippen molar-refractivity contribution in [2.75, 3.05) is 0 Å². The summed E-state index contributed by atoms with van der Waals surface area (Å²) in [5.74, 6) is 5.68. The molecule has 2 nitrogen and oxygen atoms in total. The standard InChI is InChI=1S/C8H15NO/c1-5-6-8(3,4)10-7(2)9/h7H,9H2,1-4H3. The first-order valence-corrected chi connectivity index (χ1v) is 3.35. The van der Waals surface area contributed by atoms with E-state index in [4.69, 9.17) is 10.5 Å². The Morgan fingerprint density at radius 2 is 2.00 bits per heavy atom. The maximum atomic E-state index is 5.42. The Kier molecular flexibility index (Phi) is 3.41. The molecule has 0 fully saturated rings. The molecule has 0 aliphatic heterocycles. The first-order valence-electron chi connectivity index (χ1n) is 3.35. The number of nitrogens with two attached hydrogens (primary N) is 1. The molecule has 0 aromatic rings. The maximum Gasteiger partial charge on any atom is 0.125 e. The van der Waals surface area contributed by atoms with Crippen LogP contribution in [-0.4, -0.2) is 11.8 Å². The summed E-state index contributed by atoms with van der Waals surface area (Å²) in [5, 5.41) is 0. The minimum absolute atomic E-state index is 0.254. The highest BCUT2D eigenvalue weighted by molar-refractivity contribution is 5.09. The quantitative estimate of drug-likeness (QED) is 0.462. The van der Waals surface area contributed by atoms with Crippen LogP contribution in [0, 0.1) is 11.8 Å². The number of hydrogen-bond acceptors (Lipinski definition) is 2. The highest BCUT2D eigenvalue weighted by atomic mass is 16.5. The topological polar surface area (TPSA) is 35.2 Å². The summed E-state index contributed by atoms with van der Waals surface area (Å²) in [7, 11) is 0. The molecule has 0 rings (SSSR count). The van der Waals surface area contributed by atoms with Gasteiger partial charge in [-0.2, -0.15) is 0 Å². The lowest BCUT2D eigenvalue weighted by Crippen LogP contribution is -2.32. The Balaban J connectivity index is 3.95. The van der Waals surface area contributed by atoms with Gasteiger partial charge in [-0.05, 0) is 27.7 Å². The molecule has 0 saturated carbocycles. The van der Waals surface area contributed by atoms with E-state index in [1.165, 1.54) is 0 Å². The van der Waals surface area contributed by atoms with Gasteiger partial charge in [-0.25, -0.2) is 0 Å². The van der Waals surface area contributed by atoms with E-state index in [-0.39, 0.29) is 6.23 Å². The van der Waals surface area contributed by atoms with Crippen LogP contribution < -0.4 is 5.73 Å². The predicted octanol–water partition coefficient (Wildman–Crippen LogP) is 1.11. The Labute approximate surface area is 62.7 Å². The Bertz CT molecular complexity index is 150. The van der Waals surface area contributed by atoms with Crippen LogP contribution in [-0.2, 0) is 4.74 Å². The molecule has 0 aromatic heterocycles. The van der Waals surface area contributed by atoms with Gasteiger partial charge in [0.25, 0.3) is 0 Å². The van der Waals surface area contributed by atoms with E-state index in [2.05, 4.69) is 11.8 Å². The fourth-order valence-corrected chi connectivity index (χ4v) is 0.795. The third-order valence-electron chi connectivity index (χ3n) is 0.907. The van der Waals surface area contributed by atoms with Gasteiger partial charge in [0.05, 0.1) is 0 Å². The van der Waals surface area contributed by atoms with Crippen molar-refractivity contribution in [3.05, 3.63) is 0 Å². The first kappa shape index (κ1) is 9.48. The summed E-state index contributed by atoms with van der Waals surface area (Å²) in [6.07, 6.45) is -0.254. The number of ether oxygens (including phenoxy) is 1. The summed E-state index contributed by atoms with van der Waals surface area (Å²) in [6.45, 7) is 7.37. The average Bonchev–Trinajstić information content (AvgIpc) is 1.59. The molecule has 0 amide bonds. The summed E-state index contributed by atoms with van der Waals surface area (Å²) in [5.41, 5.74) is 5.01. The van der Waals surface area contributed by atoms with Crippen LogP contribution in [0.3, 0.4) is 0 Å². The molecule has 1 atom stereocenters. The normalized spacial score (nSPS) is 13.7. The van der Waals surface area contributed by atoms with Crippen molar-refractivity contribution < 1.29 is 4.74 Å². The molecule has 0 aliphatic carbocycles. The van der Waals surface area contributed by atoms with E-state index in [1.807, 2.05) is 13.8 Å². The summed E-state index contributed by atoms with van der Waals surface area (Å²) in [4.78, 5) is 0. The monoisotopic (exact) mass is 141 g/mol. The maximum absolute atomic E-state index is 5.42. The second-order valence-corrected chi connectivity index (χ2v) is 2.71. The molecule has 0 aliphatic rings. The van der Waals surface area contributed by atoms with Gasteiger partial charge in [0.2, 0.25) is 0 Å². The lowest BCUT2D eigenvalue weighted by atomic mass is 10.1. The van der Waals surface area contributed by atoms with Crippen molar-refractivity contribution in [3.63, 3.8) is 0 Å². The molecule has 10 heavy (non-hydrogen) atoms. The van der Waals surface area contributed by atoms with Crippen LogP contribution in [0.5, 0.6) is 0 Å². The van der Waals surface area contributed by atoms with Crippen LogP contribution >= 0.6 is 0 Å². The van der Waals surface area contributed by atoms with Crippen LogP contribution in [0.4, 0.5) is 0 Å². The minimum atomic E-state index is -0.414. The molecule has 0 bridgehead atoms. The van der Waals surface area contributed by atoms with Crippen molar-refractivity contribution in [1.29, 1.82) is 0 Å². The molecular formula is C8H15NO. The second kappa shape index (κ2) is 3.60. The Morgan fingerprint density at radius 1 is 1.50 bits per heavy atom. The molecule has 2 heteroatoms. The van der Waals surface area contributed by atoms with Crippen molar-refractivity contribution in [2.24, 2.45) is 5.73 Å². The lowest BCUT2D eigenvalue weighted by molar-refractivity contribution is -0.0222. The van der Waals surface area contributed by atoms with Gasteiger partial charge >= 0.3 is 0 Å². The minimum Gasteiger partial charge on any atom is -0.345 e. The molecule has 0 spiro atoms. The van der Waals surface area contributed by atoms with Crippen molar-refractivity contribution in [1.82, 2.24) is 0 Å². The van der Waals surface area contributed by atoms with E-state index in [0.29, 0.717) is 0 Å². The van der Waals surface area contributed by atoms with Crippen LogP contribution in [0.1, 0.15) is 27.7 Å². The highest BCUT2D eigenvalue weighted by Gasteiger charge is 2.15. The van der Waals surface area contributed by atoms with Crippen LogP contribution in [0.15, 0.2) is 0 Å². The first-order chi connectivity index (χ1) is 4.48. The van der Waals surface area contributed by atoms with Crippen molar-refractivity contribution in [3.8, 4) is 11.8 Å². The van der Waals surface area contributed by atoms with Gasteiger partial charge in [0.15, 0.2) is 0 Å². The summed E-state index contributed by atoms with van der Waals surface area (Å²) in [6, 6.07) is 0. The number of hydrogen-bond donors (Lipinski definition) is 1. The van der Waals surface area contributed by atoms with E-state index in [1.54, 1.807) is 13.8 Å². The predicted molar refractivity (Wildman–Crippen MR) is 42.3 cm³/mol. The zero-order chi connectivity index (χ0) is 8.20. The molecule has 58 valence electrons. The van der Waals surface area contributed by atoms with Gasteiger partial charge in [-0.3, -0.25) is 0 Å². The molecule has 0 aromatic carbocycles. The molecule has 0 saturated heterocycles. The van der Waals surface area contributed by atoms with Crippen molar-refractivity contribution >= 4 is 0 Å². The molecule has 0 heterocycles. The van der Waals surface area contributed by atoms with Gasteiger partial charge in [0.1, 0.15) is 11.8 Å². The fourth-order valence-electron chi connectivity index (χ4n) is 0.795. The second-order valence-electron chi connectivity index (χ2n) is 2.71. The molecule has 0 radical (unpaired) electrons. The van der Waals surface area contributed by atoms with E-state index in [0.717, 1.165) is 0 Å². The SMILES string of the molecule is CC#CC(C)(C)OC(C)N. The molecule has 2 N–H and O–H groups in total. The van der Waals surface area contributed by atoms with Crippen LogP contribution in [0.2, 0.25) is 0 Å². The molecule has 1 unspecified atom stereocenters. The van der Waals surface area contributed by atoms with Gasteiger partial charge in [-0.1, -0.05) is 5.92 Å². The summed E-state index contributed by atoms with van der Waals surface area (Å²) >= 11 is 0. The Morgan fingerprint density at radius 3 is 2.30 bits per heavy atom. The highest BCUT2D eigenvalue weighted by Crippen LogP contribution is 2.07. The summed E-state index contributed by atoms with van der Waals surface area (Å²) < 4.78 is 5.28. The molecular weight excluding hydrogens is 126 g/mol. The van der Waals surface area contributed by atoms with Gasteiger partial charge < -0.3 is 10.5 Å². The number of rotatable bonds is 2. The van der Waals surface area contributed by atoms with Gasteiger partial charge in [0, 0.05) is 0 Å². The van der Waals surface area contributed by atoms with Crippen LogP contribution in [0.25, 0.3) is 0 Å². The third kappa shape index (κ3) is 4.37. The van der Waals surface area contributed by atoms with E-state index < -0.39 is 5.60 Å². The average molecular weight is 141 g/mol. The van der Waals surface area contributed by atoms with E-state index >= 15 is 0 Å². The van der Waals surface area contributed by atoms with Gasteiger partial charge in [-0.15, -0.1) is 5.92 Å². The van der Waals surface area contributed by atoms with E-state index in [9.17, 15) is 0 Å². The fraction of sp³-hybridized carbons (Fsp3) is 0.750. The third-order valence-corrected chi connectivity index (χ3v) is 0.907. The largest absolute Gasteiger partial charge is 0.345 e. The lowest BCUT2D eigenvalue weighted by Gasteiger charge is -2.21. The zero-order valence-electron chi connectivity index (χ0n) is 7.06.